The van der Waals surface area contributed by atoms with Gasteiger partial charge in [0, 0.05) is 19.1 Å². The van der Waals surface area contributed by atoms with Gasteiger partial charge in [-0.2, -0.15) is 0 Å². The van der Waals surface area contributed by atoms with Crippen LogP contribution in [0.1, 0.15) is 32.6 Å². The Labute approximate surface area is 110 Å². The molecule has 2 bridgehead atoms. The first-order valence-corrected chi connectivity index (χ1v) is 7.56. The van der Waals surface area contributed by atoms with E-state index in [0.717, 1.165) is 38.4 Å². The molecule has 4 heteroatoms. The summed E-state index contributed by atoms with van der Waals surface area (Å²) in [6, 6.07) is 0.605. The highest BCUT2D eigenvalue weighted by Crippen LogP contribution is 2.32. The molecule has 102 valence electrons. The zero-order valence-electron chi connectivity index (χ0n) is 11.4. The maximum atomic E-state index is 12.4. The lowest BCUT2D eigenvalue weighted by atomic mass is 9.83. The van der Waals surface area contributed by atoms with Gasteiger partial charge in [0.2, 0.25) is 5.91 Å². The van der Waals surface area contributed by atoms with Gasteiger partial charge >= 0.3 is 0 Å². The monoisotopic (exact) mass is 251 g/mol. The molecule has 1 amide bonds. The van der Waals surface area contributed by atoms with Crippen LogP contribution in [0.15, 0.2) is 0 Å². The minimum absolute atomic E-state index is 0.0976. The SMILES string of the molecule is CCCNC1CCN(C2CN3CCC2CC3)C1=O. The summed E-state index contributed by atoms with van der Waals surface area (Å²) in [5.74, 6) is 1.13. The Morgan fingerprint density at radius 2 is 2.00 bits per heavy atom. The Morgan fingerprint density at radius 1 is 1.22 bits per heavy atom. The van der Waals surface area contributed by atoms with E-state index >= 15 is 0 Å². The molecule has 0 aromatic rings. The van der Waals surface area contributed by atoms with Crippen LogP contribution in [0.25, 0.3) is 0 Å². The Hall–Kier alpha value is -0.610. The second kappa shape index (κ2) is 5.17. The fraction of sp³-hybridized carbons (Fsp3) is 0.929. The maximum absolute atomic E-state index is 12.4. The second-order valence-corrected chi connectivity index (χ2v) is 6.03. The van der Waals surface area contributed by atoms with E-state index in [9.17, 15) is 4.79 Å². The van der Waals surface area contributed by atoms with Gasteiger partial charge in [-0.15, -0.1) is 0 Å². The Bertz CT molecular complexity index is 312. The van der Waals surface area contributed by atoms with Crippen molar-refractivity contribution in [2.45, 2.75) is 44.7 Å². The molecule has 4 heterocycles. The van der Waals surface area contributed by atoms with Crippen LogP contribution in [0.3, 0.4) is 0 Å². The lowest BCUT2D eigenvalue weighted by Crippen LogP contribution is -2.58. The fourth-order valence-corrected chi connectivity index (χ4v) is 3.83. The molecule has 4 aliphatic heterocycles. The average molecular weight is 251 g/mol. The smallest absolute Gasteiger partial charge is 0.240 e. The molecule has 4 saturated heterocycles. The van der Waals surface area contributed by atoms with Gasteiger partial charge in [0.05, 0.1) is 6.04 Å². The molecule has 0 aliphatic carbocycles. The van der Waals surface area contributed by atoms with Gasteiger partial charge in [-0.25, -0.2) is 0 Å². The van der Waals surface area contributed by atoms with E-state index < -0.39 is 0 Å². The Kier molecular flexibility index (Phi) is 3.57. The van der Waals surface area contributed by atoms with Crippen LogP contribution in [0.2, 0.25) is 0 Å². The number of likely N-dealkylation sites (tertiary alicyclic amines) is 1. The van der Waals surface area contributed by atoms with Crippen LogP contribution in [0, 0.1) is 5.92 Å². The molecule has 0 spiro atoms. The predicted molar refractivity (Wildman–Crippen MR) is 71.4 cm³/mol. The third-order valence-corrected chi connectivity index (χ3v) is 4.90. The van der Waals surface area contributed by atoms with Gasteiger partial charge in [0.1, 0.15) is 0 Å². The number of piperidine rings is 3. The molecule has 2 unspecified atom stereocenters. The summed E-state index contributed by atoms with van der Waals surface area (Å²) in [6.07, 6.45) is 4.69. The van der Waals surface area contributed by atoms with Gasteiger partial charge in [0.15, 0.2) is 0 Å². The molecule has 2 atom stereocenters. The van der Waals surface area contributed by atoms with E-state index in [4.69, 9.17) is 0 Å². The lowest BCUT2D eigenvalue weighted by molar-refractivity contribution is -0.135. The van der Waals surface area contributed by atoms with Crippen LogP contribution in [0.4, 0.5) is 0 Å². The van der Waals surface area contributed by atoms with Crippen molar-refractivity contribution in [2.24, 2.45) is 5.92 Å². The first-order valence-electron chi connectivity index (χ1n) is 7.56. The van der Waals surface area contributed by atoms with Crippen LogP contribution < -0.4 is 5.32 Å². The van der Waals surface area contributed by atoms with Crippen molar-refractivity contribution in [3.63, 3.8) is 0 Å². The van der Waals surface area contributed by atoms with Crippen molar-refractivity contribution in [3.05, 3.63) is 0 Å². The minimum atomic E-state index is 0.0976. The summed E-state index contributed by atoms with van der Waals surface area (Å²) in [7, 11) is 0. The number of carbonyl (C=O) groups excluding carboxylic acids is 1. The Morgan fingerprint density at radius 3 is 2.61 bits per heavy atom. The van der Waals surface area contributed by atoms with Gasteiger partial charge in [0.25, 0.3) is 0 Å². The summed E-state index contributed by atoms with van der Waals surface area (Å²) in [4.78, 5) is 17.1. The number of fused-ring (bicyclic) bond motifs is 3. The van der Waals surface area contributed by atoms with Crippen molar-refractivity contribution in [1.82, 2.24) is 15.1 Å². The number of nitrogens with zero attached hydrogens (tertiary/aromatic N) is 2. The normalized spacial score (nSPS) is 39.6. The highest BCUT2D eigenvalue weighted by atomic mass is 16.2. The van der Waals surface area contributed by atoms with Gasteiger partial charge in [-0.3, -0.25) is 4.79 Å². The van der Waals surface area contributed by atoms with E-state index in [-0.39, 0.29) is 6.04 Å². The Balaban J connectivity index is 1.62. The topological polar surface area (TPSA) is 35.6 Å². The minimum Gasteiger partial charge on any atom is -0.337 e. The van der Waals surface area contributed by atoms with Gasteiger partial charge in [-0.1, -0.05) is 6.92 Å². The second-order valence-electron chi connectivity index (χ2n) is 6.03. The molecule has 4 rings (SSSR count). The molecule has 0 aromatic carbocycles. The molecule has 0 saturated carbocycles. The maximum Gasteiger partial charge on any atom is 0.240 e. The highest BCUT2D eigenvalue weighted by molar-refractivity contribution is 5.84. The van der Waals surface area contributed by atoms with Crippen molar-refractivity contribution >= 4 is 5.91 Å². The van der Waals surface area contributed by atoms with Crippen LogP contribution >= 0.6 is 0 Å². The summed E-state index contributed by atoms with van der Waals surface area (Å²) < 4.78 is 0. The molecule has 4 fully saturated rings. The summed E-state index contributed by atoms with van der Waals surface area (Å²) in [6.45, 7) is 7.70. The quantitative estimate of drug-likeness (QED) is 0.798. The van der Waals surface area contributed by atoms with E-state index in [2.05, 4.69) is 22.0 Å². The van der Waals surface area contributed by atoms with Crippen molar-refractivity contribution < 1.29 is 4.79 Å². The van der Waals surface area contributed by atoms with Crippen molar-refractivity contribution in [3.8, 4) is 0 Å². The molecule has 18 heavy (non-hydrogen) atoms. The third-order valence-electron chi connectivity index (χ3n) is 4.90. The van der Waals surface area contributed by atoms with E-state index in [0.29, 0.717) is 11.9 Å². The number of amides is 1. The summed E-state index contributed by atoms with van der Waals surface area (Å²) in [5, 5.41) is 3.39. The highest BCUT2D eigenvalue weighted by Gasteiger charge is 2.43. The number of rotatable bonds is 4. The molecular weight excluding hydrogens is 226 g/mol. The first kappa shape index (κ1) is 12.4. The predicted octanol–water partition coefficient (Wildman–Crippen LogP) is 0.681. The van der Waals surface area contributed by atoms with Crippen LogP contribution in [0.5, 0.6) is 0 Å². The van der Waals surface area contributed by atoms with Crippen molar-refractivity contribution in [1.29, 1.82) is 0 Å². The van der Waals surface area contributed by atoms with Gasteiger partial charge in [-0.05, 0) is 51.2 Å². The molecule has 1 N–H and O–H groups in total. The fourth-order valence-electron chi connectivity index (χ4n) is 3.83. The van der Waals surface area contributed by atoms with E-state index in [1.54, 1.807) is 0 Å². The molecule has 0 aromatic heterocycles. The van der Waals surface area contributed by atoms with Crippen molar-refractivity contribution in [2.75, 3.05) is 32.7 Å². The third kappa shape index (κ3) is 2.16. The van der Waals surface area contributed by atoms with Crippen LogP contribution in [-0.2, 0) is 4.79 Å². The first-order chi connectivity index (χ1) is 8.79. The number of carbonyl (C=O) groups is 1. The molecule has 0 radical (unpaired) electrons. The molecule has 4 aliphatic rings. The lowest BCUT2D eigenvalue weighted by Gasteiger charge is -2.48. The standard InChI is InChI=1S/C14H25N3O/c1-2-6-15-12-5-9-17(14(12)18)13-10-16-7-3-11(13)4-8-16/h11-13,15H,2-10H2,1H3. The largest absolute Gasteiger partial charge is 0.337 e. The van der Waals surface area contributed by atoms with Gasteiger partial charge < -0.3 is 15.1 Å². The number of hydrogen-bond acceptors (Lipinski definition) is 3. The summed E-state index contributed by atoms with van der Waals surface area (Å²) in [5.41, 5.74) is 0. The number of hydrogen-bond donors (Lipinski definition) is 1. The zero-order chi connectivity index (χ0) is 12.5. The summed E-state index contributed by atoms with van der Waals surface area (Å²) >= 11 is 0. The zero-order valence-corrected chi connectivity index (χ0v) is 11.4. The van der Waals surface area contributed by atoms with E-state index in [1.807, 2.05) is 0 Å². The molecular formula is C14H25N3O. The van der Waals surface area contributed by atoms with Crippen LogP contribution in [-0.4, -0.2) is 60.5 Å². The molecule has 4 nitrogen and oxygen atoms in total. The van der Waals surface area contributed by atoms with E-state index in [1.165, 1.54) is 25.9 Å². The number of nitrogens with one attached hydrogen (secondary N) is 1. The average Bonchev–Trinajstić information content (AvgIpc) is 2.79.